The largest absolute Gasteiger partial charge is 0.391 e. The summed E-state index contributed by atoms with van der Waals surface area (Å²) in [6.45, 7) is 0. The summed E-state index contributed by atoms with van der Waals surface area (Å²) >= 11 is 0. The van der Waals surface area contributed by atoms with Crippen molar-refractivity contribution in [3.8, 4) is 6.07 Å². The Bertz CT molecular complexity index is 244. The number of aliphatic hydroxyl groups is 1. The number of nitriles is 1. The van der Waals surface area contributed by atoms with E-state index in [0.717, 1.165) is 32.1 Å². The molecule has 2 saturated carbocycles. The van der Waals surface area contributed by atoms with Crippen molar-refractivity contribution in [3.63, 3.8) is 0 Å². The SMILES string of the molecule is N#CC1(C(O)C2CCCCCC2)CCC1. The zero-order valence-corrected chi connectivity index (χ0v) is 9.41. The highest BCUT2D eigenvalue weighted by Crippen LogP contribution is 2.47. The molecule has 1 atom stereocenters. The van der Waals surface area contributed by atoms with E-state index >= 15 is 0 Å². The molecule has 2 nitrogen and oxygen atoms in total. The highest BCUT2D eigenvalue weighted by molar-refractivity contribution is 5.10. The minimum absolute atomic E-state index is 0.352. The molecule has 2 heteroatoms. The minimum atomic E-state index is -0.366. The van der Waals surface area contributed by atoms with Crippen molar-refractivity contribution in [3.05, 3.63) is 0 Å². The van der Waals surface area contributed by atoms with Crippen LogP contribution in [0.3, 0.4) is 0 Å². The monoisotopic (exact) mass is 207 g/mol. The summed E-state index contributed by atoms with van der Waals surface area (Å²) in [6, 6.07) is 2.38. The molecule has 1 N–H and O–H groups in total. The number of hydrogen-bond acceptors (Lipinski definition) is 2. The van der Waals surface area contributed by atoms with Gasteiger partial charge in [0.25, 0.3) is 0 Å². The molecule has 0 bridgehead atoms. The third-order valence-electron chi connectivity index (χ3n) is 4.38. The van der Waals surface area contributed by atoms with E-state index in [9.17, 15) is 10.4 Å². The van der Waals surface area contributed by atoms with E-state index in [1.54, 1.807) is 0 Å². The van der Waals surface area contributed by atoms with Gasteiger partial charge in [-0.25, -0.2) is 0 Å². The topological polar surface area (TPSA) is 44.0 Å². The molecule has 84 valence electrons. The summed E-state index contributed by atoms with van der Waals surface area (Å²) in [4.78, 5) is 0. The Balaban J connectivity index is 1.99. The van der Waals surface area contributed by atoms with Gasteiger partial charge < -0.3 is 5.11 Å². The van der Waals surface area contributed by atoms with Gasteiger partial charge in [-0.15, -0.1) is 0 Å². The van der Waals surface area contributed by atoms with Crippen LogP contribution < -0.4 is 0 Å². The van der Waals surface area contributed by atoms with Gasteiger partial charge >= 0.3 is 0 Å². The van der Waals surface area contributed by atoms with E-state index in [-0.39, 0.29) is 11.5 Å². The van der Waals surface area contributed by atoms with E-state index in [4.69, 9.17) is 0 Å². The van der Waals surface area contributed by atoms with Crippen LogP contribution in [-0.4, -0.2) is 11.2 Å². The molecule has 2 fully saturated rings. The molecule has 2 aliphatic rings. The van der Waals surface area contributed by atoms with Crippen molar-refractivity contribution in [1.82, 2.24) is 0 Å². The first-order valence-corrected chi connectivity index (χ1v) is 6.38. The van der Waals surface area contributed by atoms with Gasteiger partial charge in [0.05, 0.1) is 17.6 Å². The van der Waals surface area contributed by atoms with Crippen LogP contribution in [0.1, 0.15) is 57.8 Å². The van der Waals surface area contributed by atoms with Crippen LogP contribution in [0.5, 0.6) is 0 Å². The van der Waals surface area contributed by atoms with E-state index < -0.39 is 0 Å². The lowest BCUT2D eigenvalue weighted by Crippen LogP contribution is -2.44. The van der Waals surface area contributed by atoms with Crippen LogP contribution in [0.15, 0.2) is 0 Å². The van der Waals surface area contributed by atoms with Gasteiger partial charge in [0, 0.05) is 0 Å². The summed E-state index contributed by atoms with van der Waals surface area (Å²) in [5.41, 5.74) is -0.366. The first-order chi connectivity index (χ1) is 7.28. The van der Waals surface area contributed by atoms with Crippen molar-refractivity contribution in [2.45, 2.75) is 63.9 Å². The average Bonchev–Trinajstić information content (AvgIpc) is 2.44. The minimum Gasteiger partial charge on any atom is -0.391 e. The third-order valence-corrected chi connectivity index (χ3v) is 4.38. The van der Waals surface area contributed by atoms with Gasteiger partial charge in [-0.05, 0) is 31.6 Å². The molecule has 2 rings (SSSR count). The van der Waals surface area contributed by atoms with Gasteiger partial charge in [-0.2, -0.15) is 5.26 Å². The molecule has 0 aromatic carbocycles. The molecule has 1 unspecified atom stereocenters. The van der Waals surface area contributed by atoms with Gasteiger partial charge in [0.15, 0.2) is 0 Å². The summed E-state index contributed by atoms with van der Waals surface area (Å²) in [7, 11) is 0. The molecule has 2 aliphatic carbocycles. The summed E-state index contributed by atoms with van der Waals surface area (Å²) in [5.74, 6) is 0.396. The lowest BCUT2D eigenvalue weighted by Gasteiger charge is -2.42. The van der Waals surface area contributed by atoms with Gasteiger partial charge in [-0.1, -0.05) is 32.1 Å². The standard InChI is InChI=1S/C13H21NO/c14-10-13(8-5-9-13)12(15)11-6-3-1-2-4-7-11/h11-12,15H,1-9H2. The molecular weight excluding hydrogens is 186 g/mol. The van der Waals surface area contributed by atoms with Crippen molar-refractivity contribution in [2.24, 2.45) is 11.3 Å². The third kappa shape index (κ3) is 2.03. The molecule has 0 aromatic rings. The molecule has 15 heavy (non-hydrogen) atoms. The van der Waals surface area contributed by atoms with Crippen LogP contribution in [-0.2, 0) is 0 Å². The maximum Gasteiger partial charge on any atom is 0.0835 e. The maximum atomic E-state index is 10.3. The molecule has 0 spiro atoms. The van der Waals surface area contributed by atoms with Gasteiger partial charge in [-0.3, -0.25) is 0 Å². The Labute approximate surface area is 92.3 Å². The molecule has 0 aliphatic heterocycles. The highest BCUT2D eigenvalue weighted by Gasteiger charge is 2.46. The van der Waals surface area contributed by atoms with Crippen LogP contribution >= 0.6 is 0 Å². The van der Waals surface area contributed by atoms with Crippen molar-refractivity contribution >= 4 is 0 Å². The fraction of sp³-hybridized carbons (Fsp3) is 0.923. The average molecular weight is 207 g/mol. The Hall–Kier alpha value is -0.550. The summed E-state index contributed by atoms with van der Waals surface area (Å²) < 4.78 is 0. The van der Waals surface area contributed by atoms with Gasteiger partial charge in [0.1, 0.15) is 0 Å². The Morgan fingerprint density at radius 1 is 1.07 bits per heavy atom. The second-order valence-corrected chi connectivity index (χ2v) is 5.32. The van der Waals surface area contributed by atoms with Crippen LogP contribution in [0.4, 0.5) is 0 Å². The first-order valence-electron chi connectivity index (χ1n) is 6.38. The number of rotatable bonds is 2. The molecule has 0 saturated heterocycles. The van der Waals surface area contributed by atoms with E-state index in [0.29, 0.717) is 5.92 Å². The van der Waals surface area contributed by atoms with Gasteiger partial charge in [0.2, 0.25) is 0 Å². The fourth-order valence-corrected chi connectivity index (χ4v) is 3.11. The van der Waals surface area contributed by atoms with E-state index in [2.05, 4.69) is 6.07 Å². The highest BCUT2D eigenvalue weighted by atomic mass is 16.3. The van der Waals surface area contributed by atoms with Crippen LogP contribution in [0.25, 0.3) is 0 Å². The summed E-state index contributed by atoms with van der Waals surface area (Å²) in [6.07, 6.45) is 9.96. The van der Waals surface area contributed by atoms with Crippen molar-refractivity contribution < 1.29 is 5.11 Å². The van der Waals surface area contributed by atoms with Crippen LogP contribution in [0, 0.1) is 22.7 Å². The number of nitrogens with zero attached hydrogens (tertiary/aromatic N) is 1. The zero-order valence-electron chi connectivity index (χ0n) is 9.41. The smallest absolute Gasteiger partial charge is 0.0835 e. The molecule has 0 heterocycles. The lowest BCUT2D eigenvalue weighted by molar-refractivity contribution is -0.0349. The van der Waals surface area contributed by atoms with E-state index in [1.165, 1.54) is 25.7 Å². The first kappa shape index (κ1) is 11.0. The number of aliphatic hydroxyl groups excluding tert-OH is 1. The van der Waals surface area contributed by atoms with Crippen molar-refractivity contribution in [1.29, 1.82) is 5.26 Å². The quantitative estimate of drug-likeness (QED) is 0.707. The molecule has 0 aromatic heterocycles. The predicted molar refractivity (Wildman–Crippen MR) is 59.1 cm³/mol. The lowest BCUT2D eigenvalue weighted by atomic mass is 9.62. The molecule has 0 radical (unpaired) electrons. The normalized spacial score (nSPS) is 28.5. The zero-order chi connectivity index (χ0) is 10.7. The van der Waals surface area contributed by atoms with Crippen LogP contribution in [0.2, 0.25) is 0 Å². The Morgan fingerprint density at radius 3 is 2.07 bits per heavy atom. The van der Waals surface area contributed by atoms with Crippen molar-refractivity contribution in [2.75, 3.05) is 0 Å². The van der Waals surface area contributed by atoms with E-state index in [1.807, 2.05) is 0 Å². The summed E-state index contributed by atoms with van der Waals surface area (Å²) in [5, 5.41) is 19.5. The second-order valence-electron chi connectivity index (χ2n) is 5.32. The number of hydrogen-bond donors (Lipinski definition) is 1. The second kappa shape index (κ2) is 4.53. The molecular formula is C13H21NO. The fourth-order valence-electron chi connectivity index (χ4n) is 3.11. The molecule has 0 amide bonds. The maximum absolute atomic E-state index is 10.3. The Kier molecular flexibility index (Phi) is 3.31. The Morgan fingerprint density at radius 2 is 1.67 bits per heavy atom. The predicted octanol–water partition coefficient (Wildman–Crippen LogP) is 3.01.